The quantitative estimate of drug-likeness (QED) is 0.875. The van der Waals surface area contributed by atoms with Gasteiger partial charge in [0, 0.05) is 18.4 Å². The molecule has 18 heavy (non-hydrogen) atoms. The van der Waals surface area contributed by atoms with Gasteiger partial charge in [0.15, 0.2) is 0 Å². The predicted octanol–water partition coefficient (Wildman–Crippen LogP) is 2.93. The van der Waals surface area contributed by atoms with Crippen LogP contribution in [0.5, 0.6) is 0 Å². The molecule has 3 nitrogen and oxygen atoms in total. The van der Waals surface area contributed by atoms with Crippen LogP contribution in [0.25, 0.3) is 5.69 Å². The third-order valence-electron chi connectivity index (χ3n) is 2.89. The van der Waals surface area contributed by atoms with E-state index in [1.54, 1.807) is 0 Å². The fraction of sp³-hybridized carbons (Fsp3) is 0.400. The lowest BCUT2D eigenvalue weighted by Crippen LogP contribution is -2.19. The van der Waals surface area contributed by atoms with Crippen LogP contribution in [0, 0.1) is 12.8 Å². The Morgan fingerprint density at radius 3 is 2.78 bits per heavy atom. The zero-order chi connectivity index (χ0) is 13.0. The fourth-order valence-corrected chi connectivity index (χ4v) is 1.93. The van der Waals surface area contributed by atoms with Crippen molar-refractivity contribution in [2.75, 3.05) is 6.54 Å². The fourth-order valence-electron chi connectivity index (χ4n) is 1.93. The Labute approximate surface area is 109 Å². The van der Waals surface area contributed by atoms with Crippen molar-refractivity contribution in [2.45, 2.75) is 27.3 Å². The first-order valence-corrected chi connectivity index (χ1v) is 6.46. The van der Waals surface area contributed by atoms with E-state index < -0.39 is 0 Å². The van der Waals surface area contributed by atoms with Crippen molar-refractivity contribution in [1.29, 1.82) is 0 Å². The molecule has 0 spiro atoms. The summed E-state index contributed by atoms with van der Waals surface area (Å²) in [6.45, 7) is 8.39. The number of hydrogen-bond donors (Lipinski definition) is 1. The lowest BCUT2D eigenvalue weighted by molar-refractivity contribution is 0.549. The summed E-state index contributed by atoms with van der Waals surface area (Å²) in [5.41, 5.74) is 3.54. The van der Waals surface area contributed by atoms with E-state index in [1.165, 1.54) is 11.3 Å². The zero-order valence-corrected chi connectivity index (χ0v) is 11.4. The largest absolute Gasteiger partial charge is 0.311 e. The molecule has 1 heterocycles. The Morgan fingerprint density at radius 2 is 2.06 bits per heavy atom. The molecule has 1 aromatic carbocycles. The van der Waals surface area contributed by atoms with Crippen LogP contribution in [0.3, 0.4) is 0 Å². The third-order valence-corrected chi connectivity index (χ3v) is 2.89. The van der Waals surface area contributed by atoms with Gasteiger partial charge in [-0.3, -0.25) is 0 Å². The minimum Gasteiger partial charge on any atom is -0.311 e. The van der Waals surface area contributed by atoms with Crippen LogP contribution >= 0.6 is 0 Å². The summed E-state index contributed by atoms with van der Waals surface area (Å²) in [7, 11) is 0. The van der Waals surface area contributed by atoms with Crippen LogP contribution in [0.4, 0.5) is 0 Å². The molecule has 0 saturated heterocycles. The predicted molar refractivity (Wildman–Crippen MR) is 74.8 cm³/mol. The number of nitrogens with one attached hydrogen (secondary N) is 1. The van der Waals surface area contributed by atoms with Crippen LogP contribution in [-0.2, 0) is 6.54 Å². The maximum Gasteiger partial charge on any atom is 0.0995 e. The molecule has 2 rings (SSSR count). The van der Waals surface area contributed by atoms with Crippen LogP contribution in [-0.4, -0.2) is 16.1 Å². The molecule has 2 aromatic rings. The average molecular weight is 243 g/mol. The van der Waals surface area contributed by atoms with E-state index in [0.29, 0.717) is 5.92 Å². The molecule has 1 aromatic heterocycles. The van der Waals surface area contributed by atoms with Gasteiger partial charge in [0.25, 0.3) is 0 Å². The van der Waals surface area contributed by atoms with Crippen molar-refractivity contribution in [3.8, 4) is 5.69 Å². The van der Waals surface area contributed by atoms with Gasteiger partial charge in [-0.2, -0.15) is 0 Å². The minimum absolute atomic E-state index is 0.670. The highest BCUT2D eigenvalue weighted by Crippen LogP contribution is 2.13. The Hall–Kier alpha value is -1.61. The topological polar surface area (TPSA) is 29.9 Å². The molecule has 3 heteroatoms. The number of hydrogen-bond acceptors (Lipinski definition) is 2. The number of nitrogens with zero attached hydrogens (tertiary/aromatic N) is 2. The van der Waals surface area contributed by atoms with Crippen molar-refractivity contribution in [3.05, 3.63) is 48.0 Å². The van der Waals surface area contributed by atoms with Gasteiger partial charge in [0.2, 0.25) is 0 Å². The molecule has 96 valence electrons. The van der Waals surface area contributed by atoms with E-state index in [2.05, 4.69) is 66.1 Å². The monoisotopic (exact) mass is 243 g/mol. The van der Waals surface area contributed by atoms with Crippen LogP contribution in [0.2, 0.25) is 0 Å². The summed E-state index contributed by atoms with van der Waals surface area (Å²) in [6, 6.07) is 8.34. The average Bonchev–Trinajstić information content (AvgIpc) is 2.78. The maximum atomic E-state index is 4.43. The lowest BCUT2D eigenvalue weighted by Gasteiger charge is -2.06. The van der Waals surface area contributed by atoms with Gasteiger partial charge >= 0.3 is 0 Å². The first kappa shape index (κ1) is 12.8. The second-order valence-corrected chi connectivity index (χ2v) is 5.08. The van der Waals surface area contributed by atoms with Crippen LogP contribution in [0.15, 0.2) is 36.8 Å². The highest BCUT2D eigenvalue weighted by atomic mass is 15.1. The summed E-state index contributed by atoms with van der Waals surface area (Å²) in [5.74, 6) is 0.670. The van der Waals surface area contributed by atoms with E-state index >= 15 is 0 Å². The lowest BCUT2D eigenvalue weighted by atomic mass is 10.2. The molecule has 0 aliphatic heterocycles. The summed E-state index contributed by atoms with van der Waals surface area (Å²) >= 11 is 0. The molecule has 0 unspecified atom stereocenters. The molecule has 0 radical (unpaired) electrons. The second kappa shape index (κ2) is 5.83. The first-order valence-electron chi connectivity index (χ1n) is 6.46. The maximum absolute atomic E-state index is 4.43. The highest BCUT2D eigenvalue weighted by Gasteiger charge is 2.03. The number of aryl methyl sites for hydroxylation is 1. The second-order valence-electron chi connectivity index (χ2n) is 5.08. The molecule has 0 saturated carbocycles. The summed E-state index contributed by atoms with van der Waals surface area (Å²) in [4.78, 5) is 4.43. The number of imidazole rings is 1. The molecule has 0 fully saturated rings. The van der Waals surface area contributed by atoms with Crippen LogP contribution in [0.1, 0.15) is 25.1 Å². The molecule has 0 aliphatic rings. The zero-order valence-electron chi connectivity index (χ0n) is 11.4. The van der Waals surface area contributed by atoms with E-state index in [0.717, 1.165) is 18.8 Å². The Morgan fingerprint density at radius 1 is 1.28 bits per heavy atom. The van der Waals surface area contributed by atoms with Gasteiger partial charge in [-0.15, -0.1) is 0 Å². The number of aromatic nitrogens is 2. The van der Waals surface area contributed by atoms with Gasteiger partial charge in [0.05, 0.1) is 12.0 Å². The van der Waals surface area contributed by atoms with Crippen molar-refractivity contribution >= 4 is 0 Å². The van der Waals surface area contributed by atoms with Gasteiger partial charge in [-0.25, -0.2) is 4.98 Å². The summed E-state index contributed by atoms with van der Waals surface area (Å²) in [5, 5.41) is 3.40. The molecular weight excluding hydrogens is 222 g/mol. The summed E-state index contributed by atoms with van der Waals surface area (Å²) < 4.78 is 2.09. The number of benzene rings is 1. The molecule has 0 bridgehead atoms. The Kier molecular flexibility index (Phi) is 4.15. The Bertz CT molecular complexity index is 500. The smallest absolute Gasteiger partial charge is 0.0995 e. The van der Waals surface area contributed by atoms with Gasteiger partial charge in [-0.1, -0.05) is 32.0 Å². The van der Waals surface area contributed by atoms with Crippen molar-refractivity contribution in [3.63, 3.8) is 0 Å². The number of para-hydroxylation sites is 1. The van der Waals surface area contributed by atoms with Crippen molar-refractivity contribution in [2.24, 2.45) is 5.92 Å². The molecule has 0 atom stereocenters. The first-order chi connectivity index (χ1) is 8.66. The van der Waals surface area contributed by atoms with E-state index in [1.807, 2.05) is 6.33 Å². The Balaban J connectivity index is 2.04. The highest BCUT2D eigenvalue weighted by molar-refractivity contribution is 5.40. The van der Waals surface area contributed by atoms with Gasteiger partial charge in [-0.05, 0) is 31.0 Å². The SMILES string of the molecule is Cc1ccccc1-n1cnc(CNCC(C)C)c1. The van der Waals surface area contributed by atoms with Gasteiger partial charge < -0.3 is 9.88 Å². The normalized spacial score (nSPS) is 11.1. The molecule has 0 amide bonds. The third kappa shape index (κ3) is 3.20. The van der Waals surface area contributed by atoms with Gasteiger partial charge in [0.1, 0.15) is 0 Å². The van der Waals surface area contributed by atoms with E-state index in [-0.39, 0.29) is 0 Å². The molecular formula is C15H21N3. The standard InChI is InChI=1S/C15H21N3/c1-12(2)8-16-9-14-10-18(11-17-14)15-7-5-4-6-13(15)3/h4-7,10-12,16H,8-9H2,1-3H3. The minimum atomic E-state index is 0.670. The van der Waals surface area contributed by atoms with E-state index in [9.17, 15) is 0 Å². The molecule has 0 aliphatic carbocycles. The van der Waals surface area contributed by atoms with Crippen LogP contribution < -0.4 is 5.32 Å². The molecule has 1 N–H and O–H groups in total. The number of rotatable bonds is 5. The van der Waals surface area contributed by atoms with Crippen molar-refractivity contribution in [1.82, 2.24) is 14.9 Å². The summed E-state index contributed by atoms with van der Waals surface area (Å²) in [6.07, 6.45) is 3.98. The van der Waals surface area contributed by atoms with Crippen molar-refractivity contribution < 1.29 is 0 Å². The van der Waals surface area contributed by atoms with E-state index in [4.69, 9.17) is 0 Å².